The molecule has 1 fully saturated rings. The lowest BCUT2D eigenvalue weighted by Gasteiger charge is -2.29. The molecule has 1 saturated heterocycles. The van der Waals surface area contributed by atoms with Gasteiger partial charge < -0.3 is 9.42 Å². The molecule has 0 atom stereocenters. The second-order valence-corrected chi connectivity index (χ2v) is 6.30. The van der Waals surface area contributed by atoms with Gasteiger partial charge in [0.15, 0.2) is 5.82 Å². The summed E-state index contributed by atoms with van der Waals surface area (Å²) in [5, 5.41) is 4.77. The number of nitrogens with zero attached hydrogens (tertiary/aromatic N) is 4. The van der Waals surface area contributed by atoms with E-state index in [1.54, 1.807) is 19.9 Å². The number of piperidine rings is 1. The lowest BCUT2D eigenvalue weighted by atomic mass is 10.1. The van der Waals surface area contributed by atoms with Gasteiger partial charge in [0, 0.05) is 24.0 Å². The van der Waals surface area contributed by atoms with Gasteiger partial charge in [-0.1, -0.05) is 5.16 Å². The molecule has 0 radical (unpaired) electrons. The van der Waals surface area contributed by atoms with Crippen LogP contribution in [0.4, 0.5) is 10.2 Å². The van der Waals surface area contributed by atoms with E-state index in [2.05, 4.69) is 15.0 Å². The van der Waals surface area contributed by atoms with Crippen molar-refractivity contribution in [3.63, 3.8) is 0 Å². The topological polar surface area (TPSA) is 55.1 Å². The second kappa shape index (κ2) is 5.85. The van der Waals surface area contributed by atoms with Gasteiger partial charge in [0.2, 0.25) is 0 Å². The quantitative estimate of drug-likeness (QED) is 0.711. The highest BCUT2D eigenvalue weighted by molar-refractivity contribution is 5.89. The third-order valence-corrected chi connectivity index (χ3v) is 4.57. The van der Waals surface area contributed by atoms with E-state index in [1.807, 2.05) is 6.07 Å². The standard InChI is InChI=1S/C18H19FN4O/c1-11-15(19)7-6-13-10-14(18-20-12(2)22-24-18)17(21-16(11)13)23-8-4-3-5-9-23/h6-7,10H,3-5,8-9H2,1-2H3. The molecule has 0 saturated carbocycles. The molecule has 1 aromatic carbocycles. The molecule has 24 heavy (non-hydrogen) atoms. The molecule has 6 heteroatoms. The van der Waals surface area contributed by atoms with E-state index in [0.29, 0.717) is 22.8 Å². The molecule has 3 aromatic rings. The molecule has 0 N–H and O–H groups in total. The predicted octanol–water partition coefficient (Wildman–Crippen LogP) is 4.03. The number of aryl methyl sites for hydroxylation is 2. The zero-order chi connectivity index (χ0) is 16.7. The number of hydrogen-bond donors (Lipinski definition) is 0. The molecule has 5 nitrogen and oxygen atoms in total. The van der Waals surface area contributed by atoms with Gasteiger partial charge in [-0.2, -0.15) is 4.98 Å². The molecular formula is C18H19FN4O. The van der Waals surface area contributed by atoms with E-state index < -0.39 is 0 Å². The van der Waals surface area contributed by atoms with Crippen LogP contribution in [-0.2, 0) is 0 Å². The van der Waals surface area contributed by atoms with Crippen LogP contribution >= 0.6 is 0 Å². The first-order chi connectivity index (χ1) is 11.6. The minimum atomic E-state index is -0.235. The first kappa shape index (κ1) is 15.1. The Kier molecular flexibility index (Phi) is 3.67. The molecule has 2 aromatic heterocycles. The molecule has 1 aliphatic rings. The molecule has 1 aliphatic heterocycles. The lowest BCUT2D eigenvalue weighted by molar-refractivity contribution is 0.425. The van der Waals surface area contributed by atoms with Gasteiger partial charge in [0.05, 0.1) is 11.1 Å². The van der Waals surface area contributed by atoms with E-state index in [1.165, 1.54) is 12.5 Å². The van der Waals surface area contributed by atoms with Gasteiger partial charge in [0.1, 0.15) is 11.6 Å². The first-order valence-corrected chi connectivity index (χ1v) is 8.29. The molecule has 0 aliphatic carbocycles. The van der Waals surface area contributed by atoms with Crippen LogP contribution < -0.4 is 4.90 Å². The first-order valence-electron chi connectivity index (χ1n) is 8.29. The van der Waals surface area contributed by atoms with E-state index >= 15 is 0 Å². The molecule has 0 unspecified atom stereocenters. The Bertz CT molecular complexity index is 899. The van der Waals surface area contributed by atoms with Crippen molar-refractivity contribution in [1.29, 1.82) is 0 Å². The fourth-order valence-corrected chi connectivity index (χ4v) is 3.26. The Labute approximate surface area is 139 Å². The summed E-state index contributed by atoms with van der Waals surface area (Å²) >= 11 is 0. The van der Waals surface area contributed by atoms with Crippen LogP contribution in [0.25, 0.3) is 22.4 Å². The van der Waals surface area contributed by atoms with E-state index in [4.69, 9.17) is 9.51 Å². The summed E-state index contributed by atoms with van der Waals surface area (Å²) in [6.45, 7) is 5.43. The molecular weight excluding hydrogens is 307 g/mol. The van der Waals surface area contributed by atoms with E-state index in [-0.39, 0.29) is 5.82 Å². The fraction of sp³-hybridized carbons (Fsp3) is 0.389. The number of anilines is 1. The largest absolute Gasteiger partial charge is 0.356 e. The number of fused-ring (bicyclic) bond motifs is 1. The second-order valence-electron chi connectivity index (χ2n) is 6.30. The smallest absolute Gasteiger partial charge is 0.261 e. The summed E-state index contributed by atoms with van der Waals surface area (Å²) in [5.41, 5.74) is 2.07. The lowest BCUT2D eigenvalue weighted by Crippen LogP contribution is -2.30. The summed E-state index contributed by atoms with van der Waals surface area (Å²) in [7, 11) is 0. The van der Waals surface area contributed by atoms with Crippen molar-refractivity contribution in [3.05, 3.63) is 35.4 Å². The molecule has 0 spiro atoms. The summed E-state index contributed by atoms with van der Waals surface area (Å²) in [6.07, 6.45) is 3.49. The zero-order valence-corrected chi connectivity index (χ0v) is 13.8. The highest BCUT2D eigenvalue weighted by atomic mass is 19.1. The van der Waals surface area contributed by atoms with Gasteiger partial charge in [-0.05, 0) is 51.3 Å². The monoisotopic (exact) mass is 326 g/mol. The van der Waals surface area contributed by atoms with Crippen LogP contribution in [0.2, 0.25) is 0 Å². The Hall–Kier alpha value is -2.50. The normalized spacial score (nSPS) is 15.2. The highest BCUT2D eigenvalue weighted by Gasteiger charge is 2.22. The van der Waals surface area contributed by atoms with Gasteiger partial charge in [-0.15, -0.1) is 0 Å². The number of benzene rings is 1. The number of aromatic nitrogens is 3. The van der Waals surface area contributed by atoms with Crippen LogP contribution in [0.1, 0.15) is 30.7 Å². The van der Waals surface area contributed by atoms with Crippen molar-refractivity contribution in [2.45, 2.75) is 33.1 Å². The minimum Gasteiger partial charge on any atom is -0.356 e. The van der Waals surface area contributed by atoms with Crippen molar-refractivity contribution in [2.24, 2.45) is 0 Å². The minimum absolute atomic E-state index is 0.235. The van der Waals surface area contributed by atoms with Gasteiger partial charge >= 0.3 is 0 Å². The van der Waals surface area contributed by atoms with Crippen LogP contribution in [0.15, 0.2) is 22.7 Å². The highest BCUT2D eigenvalue weighted by Crippen LogP contribution is 2.34. The molecule has 3 heterocycles. The molecule has 4 rings (SSSR count). The maximum absolute atomic E-state index is 14.0. The number of halogens is 1. The average Bonchev–Trinajstić information content (AvgIpc) is 3.04. The molecule has 0 amide bonds. The average molecular weight is 326 g/mol. The number of hydrogen-bond acceptors (Lipinski definition) is 5. The number of pyridine rings is 1. The van der Waals surface area contributed by atoms with Gasteiger partial charge in [0.25, 0.3) is 5.89 Å². The van der Waals surface area contributed by atoms with Crippen molar-refractivity contribution < 1.29 is 8.91 Å². The van der Waals surface area contributed by atoms with Crippen LogP contribution in [-0.4, -0.2) is 28.2 Å². The predicted molar refractivity (Wildman–Crippen MR) is 90.5 cm³/mol. The van der Waals surface area contributed by atoms with E-state index in [9.17, 15) is 4.39 Å². The van der Waals surface area contributed by atoms with Gasteiger partial charge in [-0.3, -0.25) is 0 Å². The summed E-state index contributed by atoms with van der Waals surface area (Å²) in [4.78, 5) is 11.4. The third kappa shape index (κ3) is 2.52. The summed E-state index contributed by atoms with van der Waals surface area (Å²) in [6, 6.07) is 5.20. The number of rotatable bonds is 2. The van der Waals surface area contributed by atoms with Crippen molar-refractivity contribution in [3.8, 4) is 11.5 Å². The maximum atomic E-state index is 14.0. The Morgan fingerprint density at radius 2 is 1.88 bits per heavy atom. The SMILES string of the molecule is Cc1noc(-c2cc3ccc(F)c(C)c3nc2N2CCCCC2)n1. The van der Waals surface area contributed by atoms with Crippen LogP contribution in [0.3, 0.4) is 0 Å². The molecule has 0 bridgehead atoms. The summed E-state index contributed by atoms with van der Waals surface area (Å²) in [5.74, 6) is 1.62. The van der Waals surface area contributed by atoms with Crippen LogP contribution in [0.5, 0.6) is 0 Å². The zero-order valence-electron chi connectivity index (χ0n) is 13.8. The Balaban J connectivity index is 1.95. The van der Waals surface area contributed by atoms with E-state index in [0.717, 1.165) is 42.7 Å². The van der Waals surface area contributed by atoms with Crippen molar-refractivity contribution >= 4 is 16.7 Å². The maximum Gasteiger partial charge on any atom is 0.261 e. The third-order valence-electron chi connectivity index (χ3n) is 4.57. The fourth-order valence-electron chi connectivity index (χ4n) is 3.26. The van der Waals surface area contributed by atoms with Crippen LogP contribution in [0, 0.1) is 19.7 Å². The van der Waals surface area contributed by atoms with Crippen molar-refractivity contribution in [1.82, 2.24) is 15.1 Å². The molecule has 124 valence electrons. The Morgan fingerprint density at radius 3 is 2.58 bits per heavy atom. The summed E-state index contributed by atoms with van der Waals surface area (Å²) < 4.78 is 19.3. The van der Waals surface area contributed by atoms with Gasteiger partial charge in [-0.25, -0.2) is 9.37 Å². The van der Waals surface area contributed by atoms with Crippen molar-refractivity contribution in [2.75, 3.05) is 18.0 Å². The Morgan fingerprint density at radius 1 is 1.08 bits per heavy atom.